The van der Waals surface area contributed by atoms with Gasteiger partial charge < -0.3 is 14.5 Å². The Balaban J connectivity index is 0. The van der Waals surface area contributed by atoms with Crippen LogP contribution in [0.25, 0.3) is 0 Å². The first kappa shape index (κ1) is 15.8. The van der Waals surface area contributed by atoms with E-state index in [4.69, 9.17) is 0 Å². The van der Waals surface area contributed by atoms with Crippen molar-refractivity contribution in [3.8, 4) is 0 Å². The van der Waals surface area contributed by atoms with E-state index in [2.05, 4.69) is 16.7 Å². The second-order valence-electron chi connectivity index (χ2n) is 2.85. The monoisotopic (exact) mass is 204 g/mol. The first-order chi connectivity index (χ1) is 6.74. The molecule has 0 aliphatic carbocycles. The molecule has 0 saturated carbocycles. The normalized spacial score (nSPS) is 15.9. The van der Waals surface area contributed by atoms with E-state index in [9.17, 15) is 4.79 Å². The summed E-state index contributed by atoms with van der Waals surface area (Å²) >= 11 is 0. The summed E-state index contributed by atoms with van der Waals surface area (Å²) in [7, 11) is 5.32. The summed E-state index contributed by atoms with van der Waals surface area (Å²) in [6.07, 6.45) is 0.924. The van der Waals surface area contributed by atoms with Gasteiger partial charge in [0, 0.05) is 40.4 Å². The molecular weight excluding hydrogens is 180 g/mol. The van der Waals surface area contributed by atoms with E-state index in [1.165, 1.54) is 0 Å². The van der Waals surface area contributed by atoms with Crippen molar-refractivity contribution >= 4 is 6.41 Å². The highest BCUT2D eigenvalue weighted by atomic mass is 16.4. The van der Waals surface area contributed by atoms with Gasteiger partial charge in [0.15, 0.2) is 0 Å². The van der Waals surface area contributed by atoms with Gasteiger partial charge in [-0.15, -0.1) is 0 Å². The number of carbonyl (C=O) groups is 1. The Hall–Kier alpha value is -0.610. The number of carbonyl (C=O) groups excluding carboxylic acids is 1. The van der Waals surface area contributed by atoms with Crippen molar-refractivity contribution in [3.05, 3.63) is 0 Å². The molecule has 1 rings (SSSR count). The lowest BCUT2D eigenvalue weighted by molar-refractivity contribution is -0.119. The summed E-state index contributed by atoms with van der Waals surface area (Å²) in [5, 5.41) is 0. The van der Waals surface area contributed by atoms with Crippen LogP contribution in [-0.2, 0) is 9.53 Å². The van der Waals surface area contributed by atoms with Gasteiger partial charge in [-0.2, -0.15) is 0 Å². The molecule has 1 amide bonds. The smallest absolute Gasteiger partial charge is 0.209 e. The van der Waals surface area contributed by atoms with E-state index < -0.39 is 0 Å². The highest BCUT2D eigenvalue weighted by Gasteiger charge is 2.10. The molecule has 0 unspecified atom stereocenters. The second-order valence-corrected chi connectivity index (χ2v) is 2.85. The molecular formula is C10H24N2O2. The molecule has 1 aliphatic rings. The maximum Gasteiger partial charge on any atom is 0.209 e. The van der Waals surface area contributed by atoms with Gasteiger partial charge >= 0.3 is 0 Å². The predicted molar refractivity (Wildman–Crippen MR) is 59.4 cm³/mol. The van der Waals surface area contributed by atoms with Crippen LogP contribution in [0.2, 0.25) is 0 Å². The first-order valence-corrected chi connectivity index (χ1v) is 5.02. The Morgan fingerprint density at radius 2 is 1.43 bits per heavy atom. The number of likely N-dealkylation sites (N-methyl/N-ethyl adjacent to an activating group) is 1. The average molecular weight is 204 g/mol. The van der Waals surface area contributed by atoms with E-state index in [-0.39, 0.29) is 0 Å². The highest BCUT2D eigenvalue weighted by molar-refractivity contribution is 5.47. The highest BCUT2D eigenvalue weighted by Crippen LogP contribution is 1.94. The van der Waals surface area contributed by atoms with Crippen LogP contribution in [0.15, 0.2) is 0 Å². The molecule has 1 heterocycles. The zero-order valence-corrected chi connectivity index (χ0v) is 10.1. The van der Waals surface area contributed by atoms with E-state index in [1.54, 1.807) is 19.1 Å². The zero-order chi connectivity index (χ0) is 11.4. The summed E-state index contributed by atoms with van der Waals surface area (Å²) in [6.45, 7) is 7.80. The van der Waals surface area contributed by atoms with Gasteiger partial charge in [0.1, 0.15) is 0 Å². The molecule has 0 bridgehead atoms. The fourth-order valence-electron chi connectivity index (χ4n) is 0.927. The third-order valence-corrected chi connectivity index (χ3v) is 1.69. The van der Waals surface area contributed by atoms with Crippen molar-refractivity contribution in [2.75, 3.05) is 47.4 Å². The third-order valence-electron chi connectivity index (χ3n) is 1.69. The van der Waals surface area contributed by atoms with Crippen molar-refractivity contribution < 1.29 is 9.53 Å². The lowest BCUT2D eigenvalue weighted by Gasteiger charge is -2.29. The van der Waals surface area contributed by atoms with Crippen LogP contribution >= 0.6 is 0 Å². The lowest BCUT2D eigenvalue weighted by atomic mass is 10.4. The summed E-state index contributed by atoms with van der Waals surface area (Å²) in [6, 6.07) is 0. The molecule has 86 valence electrons. The number of piperazine rings is 1. The molecule has 4 heteroatoms. The van der Waals surface area contributed by atoms with Gasteiger partial charge in [0.2, 0.25) is 6.41 Å². The van der Waals surface area contributed by atoms with Gasteiger partial charge in [-0.05, 0) is 7.05 Å². The van der Waals surface area contributed by atoms with Crippen molar-refractivity contribution in [1.29, 1.82) is 0 Å². The van der Waals surface area contributed by atoms with Crippen LogP contribution in [0, 0.1) is 0 Å². The van der Waals surface area contributed by atoms with Crippen molar-refractivity contribution in [2.24, 2.45) is 0 Å². The summed E-state index contributed by atoms with van der Waals surface area (Å²) in [5.41, 5.74) is 0. The van der Waals surface area contributed by atoms with E-state index in [0.717, 1.165) is 32.6 Å². The van der Waals surface area contributed by atoms with E-state index in [1.807, 2.05) is 13.8 Å². The molecule has 0 aromatic carbocycles. The number of ether oxygens (including phenoxy) is 1. The molecule has 14 heavy (non-hydrogen) atoms. The largest absolute Gasteiger partial charge is 0.388 e. The van der Waals surface area contributed by atoms with Crippen molar-refractivity contribution in [2.45, 2.75) is 13.8 Å². The average Bonchev–Trinajstić information content (AvgIpc) is 2.23. The van der Waals surface area contributed by atoms with Crippen molar-refractivity contribution in [3.63, 3.8) is 0 Å². The van der Waals surface area contributed by atoms with Crippen LogP contribution in [0.3, 0.4) is 0 Å². The van der Waals surface area contributed by atoms with E-state index in [0.29, 0.717) is 0 Å². The van der Waals surface area contributed by atoms with Gasteiger partial charge in [0.05, 0.1) is 0 Å². The standard InChI is InChI=1S/C6H12N2O.C2H6O.C2H6/c1-7-2-4-8(6-9)5-3-7;1-3-2;1-2/h6H,2-5H2,1H3;1-2H3;1-2H3. The summed E-state index contributed by atoms with van der Waals surface area (Å²) < 4.78 is 4.25. The Morgan fingerprint density at radius 1 is 1.07 bits per heavy atom. The Bertz CT molecular complexity index is 113. The number of hydrogen-bond acceptors (Lipinski definition) is 3. The maximum atomic E-state index is 10.2. The Kier molecular flexibility index (Phi) is 14.0. The SMILES string of the molecule is CC.CN1CCN(C=O)CC1.COC. The minimum absolute atomic E-state index is 0.889. The fraction of sp³-hybridized carbons (Fsp3) is 0.900. The van der Waals surface area contributed by atoms with Crippen molar-refractivity contribution in [1.82, 2.24) is 9.80 Å². The first-order valence-electron chi connectivity index (χ1n) is 5.02. The fourth-order valence-corrected chi connectivity index (χ4v) is 0.927. The molecule has 1 aliphatic heterocycles. The number of hydrogen-bond donors (Lipinski definition) is 0. The molecule has 0 atom stereocenters. The molecule has 0 radical (unpaired) electrons. The molecule has 0 N–H and O–H groups in total. The van der Waals surface area contributed by atoms with Crippen LogP contribution in [0.4, 0.5) is 0 Å². The third kappa shape index (κ3) is 9.48. The Morgan fingerprint density at radius 3 is 1.71 bits per heavy atom. The second kappa shape index (κ2) is 12.4. The lowest BCUT2D eigenvalue weighted by Crippen LogP contribution is -2.43. The number of amides is 1. The summed E-state index contributed by atoms with van der Waals surface area (Å²) in [4.78, 5) is 14.2. The van der Waals surface area contributed by atoms with Crippen LogP contribution in [-0.4, -0.2) is 63.7 Å². The maximum absolute atomic E-state index is 10.2. The van der Waals surface area contributed by atoms with Crippen LogP contribution < -0.4 is 0 Å². The molecule has 0 aromatic rings. The van der Waals surface area contributed by atoms with Gasteiger partial charge in [-0.3, -0.25) is 4.79 Å². The van der Waals surface area contributed by atoms with Crippen LogP contribution in [0.5, 0.6) is 0 Å². The molecule has 1 fully saturated rings. The predicted octanol–water partition coefficient (Wildman–Crippen LogP) is 0.679. The topological polar surface area (TPSA) is 32.8 Å². The number of rotatable bonds is 1. The quantitative estimate of drug-likeness (QED) is 0.589. The molecule has 0 aromatic heterocycles. The van der Waals surface area contributed by atoms with Gasteiger partial charge in [-0.25, -0.2) is 0 Å². The van der Waals surface area contributed by atoms with E-state index >= 15 is 0 Å². The molecule has 1 saturated heterocycles. The molecule has 0 spiro atoms. The minimum atomic E-state index is 0.889. The van der Waals surface area contributed by atoms with Crippen LogP contribution in [0.1, 0.15) is 13.8 Å². The Labute approximate surface area is 87.8 Å². The van der Waals surface area contributed by atoms with Gasteiger partial charge in [-0.1, -0.05) is 13.8 Å². The number of methoxy groups -OCH3 is 1. The minimum Gasteiger partial charge on any atom is -0.388 e. The number of nitrogens with zero attached hydrogens (tertiary/aromatic N) is 2. The molecule has 4 nitrogen and oxygen atoms in total. The zero-order valence-electron chi connectivity index (χ0n) is 10.1. The van der Waals surface area contributed by atoms with Gasteiger partial charge in [0.25, 0.3) is 0 Å². The summed E-state index contributed by atoms with van der Waals surface area (Å²) in [5.74, 6) is 0.